The molecule has 1 nitrogen and oxygen atoms in total. The van der Waals surface area contributed by atoms with Gasteiger partial charge in [-0.25, -0.2) is 4.98 Å². The Kier molecular flexibility index (Phi) is 3.23. The fourth-order valence-corrected chi connectivity index (χ4v) is 2.47. The number of rotatable bonds is 2. The number of benzene rings is 2. The van der Waals surface area contributed by atoms with Crippen LogP contribution in [-0.2, 0) is 6.42 Å². The van der Waals surface area contributed by atoms with E-state index in [4.69, 9.17) is 11.4 Å². The van der Waals surface area contributed by atoms with Crippen LogP contribution in [0.3, 0.4) is 0 Å². The summed E-state index contributed by atoms with van der Waals surface area (Å²) in [5.41, 5.74) is 5.17. The Hall–Kier alpha value is -2.59. The van der Waals surface area contributed by atoms with E-state index in [9.17, 15) is 0 Å². The van der Waals surface area contributed by atoms with Gasteiger partial charge in [-0.1, -0.05) is 55.3 Å². The molecule has 2 aromatic carbocycles. The van der Waals surface area contributed by atoms with Gasteiger partial charge in [-0.3, -0.25) is 0 Å². The lowest BCUT2D eigenvalue weighted by Gasteiger charge is -2.10. The number of aryl methyl sites for hydroxylation is 1. The van der Waals surface area contributed by atoms with Gasteiger partial charge in [0.25, 0.3) is 0 Å². The van der Waals surface area contributed by atoms with Crippen LogP contribution in [0, 0.1) is 12.3 Å². The zero-order valence-corrected chi connectivity index (χ0v) is 11.4. The van der Waals surface area contributed by atoms with Crippen molar-refractivity contribution in [3.8, 4) is 23.6 Å². The minimum absolute atomic E-state index is 0.849. The van der Waals surface area contributed by atoms with Crippen molar-refractivity contribution in [1.82, 2.24) is 4.98 Å². The van der Waals surface area contributed by atoms with Crippen LogP contribution in [0.4, 0.5) is 0 Å². The number of para-hydroxylation sites is 1. The van der Waals surface area contributed by atoms with Crippen LogP contribution in [0.5, 0.6) is 0 Å². The average Bonchev–Trinajstić information content (AvgIpc) is 2.53. The molecule has 0 radical (unpaired) electrons. The summed E-state index contributed by atoms with van der Waals surface area (Å²) in [5, 5.41) is 1.11. The normalized spacial score (nSPS) is 10.4. The third-order valence-corrected chi connectivity index (χ3v) is 3.51. The summed E-state index contributed by atoms with van der Waals surface area (Å²) in [6, 6.07) is 18.5. The number of pyridine rings is 1. The van der Waals surface area contributed by atoms with Gasteiger partial charge in [0, 0.05) is 10.9 Å². The Balaban J connectivity index is 2.34. The first kappa shape index (κ1) is 12.4. The highest BCUT2D eigenvalue weighted by Crippen LogP contribution is 2.27. The van der Waals surface area contributed by atoms with Gasteiger partial charge in [0.2, 0.25) is 0 Å². The van der Waals surface area contributed by atoms with E-state index in [0.29, 0.717) is 0 Å². The van der Waals surface area contributed by atoms with Crippen LogP contribution in [0.2, 0.25) is 0 Å². The zero-order chi connectivity index (χ0) is 13.9. The van der Waals surface area contributed by atoms with E-state index < -0.39 is 0 Å². The molecule has 3 rings (SSSR count). The summed E-state index contributed by atoms with van der Waals surface area (Å²) in [7, 11) is 0. The molecular weight excluding hydrogens is 242 g/mol. The predicted molar refractivity (Wildman–Crippen MR) is 84.5 cm³/mol. The molecule has 0 aliphatic carbocycles. The van der Waals surface area contributed by atoms with Gasteiger partial charge in [0.15, 0.2) is 0 Å². The Morgan fingerprint density at radius 3 is 2.55 bits per heavy atom. The van der Waals surface area contributed by atoms with E-state index in [1.165, 1.54) is 5.56 Å². The lowest BCUT2D eigenvalue weighted by atomic mass is 10.0. The van der Waals surface area contributed by atoms with Gasteiger partial charge in [0.1, 0.15) is 0 Å². The number of nitrogens with zero attached hydrogens (tertiary/aromatic N) is 1. The fourth-order valence-electron chi connectivity index (χ4n) is 2.47. The molecule has 0 bridgehead atoms. The molecule has 0 spiro atoms. The largest absolute Gasteiger partial charge is 0.246 e. The first-order valence-corrected chi connectivity index (χ1v) is 6.78. The Morgan fingerprint density at radius 2 is 1.85 bits per heavy atom. The maximum Gasteiger partial charge on any atom is 0.0865 e. The van der Waals surface area contributed by atoms with E-state index >= 15 is 0 Å². The summed E-state index contributed by atoms with van der Waals surface area (Å²) >= 11 is 0. The van der Waals surface area contributed by atoms with Gasteiger partial charge < -0.3 is 0 Å². The molecule has 1 heteroatoms. The molecule has 20 heavy (non-hydrogen) atoms. The quantitative estimate of drug-likeness (QED) is 0.618. The summed E-state index contributed by atoms with van der Waals surface area (Å²) in [5.74, 6) is 2.72. The van der Waals surface area contributed by atoms with Gasteiger partial charge in [-0.05, 0) is 24.1 Å². The predicted octanol–water partition coefficient (Wildman–Crippen LogP) is 4.45. The molecule has 1 aromatic heterocycles. The van der Waals surface area contributed by atoms with Crippen molar-refractivity contribution in [2.45, 2.75) is 13.3 Å². The van der Waals surface area contributed by atoms with Gasteiger partial charge in [-0.2, -0.15) is 0 Å². The van der Waals surface area contributed by atoms with Gasteiger partial charge >= 0.3 is 0 Å². The molecule has 0 fully saturated rings. The smallest absolute Gasteiger partial charge is 0.0865 e. The third-order valence-electron chi connectivity index (χ3n) is 3.51. The molecule has 0 aliphatic rings. The standard InChI is InChI=1S/C19H15N/c1-3-14-11-8-12-17-13-15(4-2)19(20-18(14)17)16-9-6-5-7-10-16/h1,5-13H,4H2,2H3. The lowest BCUT2D eigenvalue weighted by molar-refractivity contribution is 1.12. The Bertz CT molecular complexity index is 795. The van der Waals surface area contributed by atoms with E-state index in [2.05, 4.69) is 37.1 Å². The van der Waals surface area contributed by atoms with Crippen molar-refractivity contribution in [3.05, 3.63) is 65.7 Å². The summed E-state index contributed by atoms with van der Waals surface area (Å²) in [6.45, 7) is 2.15. The molecular formula is C19H15N. The van der Waals surface area contributed by atoms with Crippen LogP contribution < -0.4 is 0 Å². The molecule has 0 amide bonds. The van der Waals surface area contributed by atoms with Crippen molar-refractivity contribution in [2.24, 2.45) is 0 Å². The molecule has 3 aromatic rings. The zero-order valence-electron chi connectivity index (χ0n) is 11.4. The Morgan fingerprint density at radius 1 is 1.05 bits per heavy atom. The van der Waals surface area contributed by atoms with E-state index in [-0.39, 0.29) is 0 Å². The van der Waals surface area contributed by atoms with Gasteiger partial charge in [0.05, 0.1) is 16.8 Å². The lowest BCUT2D eigenvalue weighted by Crippen LogP contribution is -1.95. The van der Waals surface area contributed by atoms with Gasteiger partial charge in [-0.15, -0.1) is 6.42 Å². The molecule has 1 heterocycles. The highest BCUT2D eigenvalue weighted by Gasteiger charge is 2.09. The number of hydrogen-bond donors (Lipinski definition) is 0. The third kappa shape index (κ3) is 2.06. The van der Waals surface area contributed by atoms with E-state index in [0.717, 1.165) is 34.1 Å². The minimum atomic E-state index is 0.849. The maximum atomic E-state index is 5.59. The molecule has 96 valence electrons. The molecule has 0 saturated carbocycles. The number of fused-ring (bicyclic) bond motifs is 1. The van der Waals surface area contributed by atoms with E-state index in [1.54, 1.807) is 0 Å². The van der Waals surface area contributed by atoms with Crippen molar-refractivity contribution in [3.63, 3.8) is 0 Å². The van der Waals surface area contributed by atoms with Crippen LogP contribution in [-0.4, -0.2) is 4.98 Å². The Labute approximate surface area is 119 Å². The highest BCUT2D eigenvalue weighted by molar-refractivity contribution is 5.87. The maximum absolute atomic E-state index is 5.59. The molecule has 0 atom stereocenters. The summed E-state index contributed by atoms with van der Waals surface area (Å²) in [6.07, 6.45) is 6.54. The molecule has 0 saturated heterocycles. The fraction of sp³-hybridized carbons (Fsp3) is 0.105. The average molecular weight is 257 g/mol. The van der Waals surface area contributed by atoms with Crippen LogP contribution in [0.25, 0.3) is 22.2 Å². The molecule has 0 aliphatic heterocycles. The highest BCUT2D eigenvalue weighted by atomic mass is 14.7. The first-order valence-electron chi connectivity index (χ1n) is 6.78. The van der Waals surface area contributed by atoms with E-state index in [1.807, 2.05) is 30.3 Å². The topological polar surface area (TPSA) is 12.9 Å². The number of hydrogen-bond acceptors (Lipinski definition) is 1. The first-order chi connectivity index (χ1) is 9.83. The summed E-state index contributed by atoms with van der Waals surface area (Å²) in [4.78, 5) is 4.84. The monoisotopic (exact) mass is 257 g/mol. The van der Waals surface area contributed by atoms with Crippen LogP contribution >= 0.6 is 0 Å². The van der Waals surface area contributed by atoms with Crippen molar-refractivity contribution < 1.29 is 0 Å². The van der Waals surface area contributed by atoms with Crippen LogP contribution in [0.15, 0.2) is 54.6 Å². The second-order valence-electron chi connectivity index (χ2n) is 4.74. The molecule has 0 N–H and O–H groups in total. The number of terminal acetylenes is 1. The minimum Gasteiger partial charge on any atom is -0.246 e. The second-order valence-corrected chi connectivity index (χ2v) is 4.74. The van der Waals surface area contributed by atoms with Crippen molar-refractivity contribution in [1.29, 1.82) is 0 Å². The van der Waals surface area contributed by atoms with Crippen LogP contribution in [0.1, 0.15) is 18.1 Å². The SMILES string of the molecule is C#Cc1cccc2cc(CC)c(-c3ccccc3)nc12. The van der Waals surface area contributed by atoms with Crippen molar-refractivity contribution in [2.75, 3.05) is 0 Å². The second kappa shape index (κ2) is 5.19. The number of aromatic nitrogens is 1. The van der Waals surface area contributed by atoms with Crippen molar-refractivity contribution >= 4 is 10.9 Å². The molecule has 0 unspecified atom stereocenters. The summed E-state index contributed by atoms with van der Waals surface area (Å²) < 4.78 is 0.